The lowest BCUT2D eigenvalue weighted by molar-refractivity contribution is -0.116. The molecule has 2 aromatic heterocycles. The Bertz CT molecular complexity index is 1520. The number of nitrogens with zero attached hydrogens (tertiary/aromatic N) is 4. The van der Waals surface area contributed by atoms with Gasteiger partial charge in [-0.15, -0.1) is 0 Å². The number of para-hydroxylation sites is 1. The van der Waals surface area contributed by atoms with Crippen LogP contribution in [0.3, 0.4) is 0 Å². The van der Waals surface area contributed by atoms with Crippen molar-refractivity contribution in [3.63, 3.8) is 0 Å². The van der Waals surface area contributed by atoms with Gasteiger partial charge >= 0.3 is 11.7 Å². The average Bonchev–Trinajstić information content (AvgIpc) is 3.20. The van der Waals surface area contributed by atoms with Gasteiger partial charge in [-0.25, -0.2) is 19.1 Å². The van der Waals surface area contributed by atoms with Crippen molar-refractivity contribution in [2.75, 3.05) is 16.0 Å². The van der Waals surface area contributed by atoms with E-state index < -0.39 is 29.7 Å². The van der Waals surface area contributed by atoms with Gasteiger partial charge in [0, 0.05) is 31.2 Å². The number of aryl methyl sites for hydroxylation is 3. The number of carbonyl (C=O) groups is 2. The van der Waals surface area contributed by atoms with E-state index in [2.05, 4.69) is 20.9 Å². The largest absolute Gasteiger partial charge is 0.332 e. The summed E-state index contributed by atoms with van der Waals surface area (Å²) in [7, 11) is 3.13. The van der Waals surface area contributed by atoms with Crippen molar-refractivity contribution in [1.29, 1.82) is 0 Å². The van der Waals surface area contributed by atoms with Crippen molar-refractivity contribution in [2.45, 2.75) is 13.5 Å². The Morgan fingerprint density at radius 3 is 2.38 bits per heavy atom. The molecule has 2 heterocycles. The van der Waals surface area contributed by atoms with Crippen LogP contribution in [0, 0.1) is 6.92 Å². The molecule has 3 N–H and O–H groups in total. The molecule has 11 heteroatoms. The summed E-state index contributed by atoms with van der Waals surface area (Å²) in [5.41, 5.74) is 1.50. The molecule has 0 aliphatic carbocycles. The number of hydrogen-bond donors (Lipinski definition) is 3. The minimum Gasteiger partial charge on any atom is -0.328 e. The minimum atomic E-state index is -0.643. The van der Waals surface area contributed by atoms with Gasteiger partial charge in [0.25, 0.3) is 5.56 Å². The van der Waals surface area contributed by atoms with E-state index in [9.17, 15) is 19.2 Å². The fraction of sp³-hybridized carbons (Fsp3) is 0.174. The summed E-state index contributed by atoms with van der Waals surface area (Å²) in [6.07, 6.45) is 1.44. The summed E-state index contributed by atoms with van der Waals surface area (Å²) in [4.78, 5) is 54.5. The van der Waals surface area contributed by atoms with Crippen LogP contribution < -0.4 is 27.2 Å². The first-order valence-corrected chi connectivity index (χ1v) is 10.4. The van der Waals surface area contributed by atoms with Crippen LogP contribution >= 0.6 is 0 Å². The van der Waals surface area contributed by atoms with Crippen molar-refractivity contribution in [3.05, 3.63) is 81.3 Å². The molecule has 0 atom stereocenters. The quantitative estimate of drug-likeness (QED) is 0.418. The summed E-state index contributed by atoms with van der Waals surface area (Å²) in [5.74, 6) is -0.560. The van der Waals surface area contributed by atoms with Crippen LogP contribution in [0.2, 0.25) is 0 Å². The van der Waals surface area contributed by atoms with Crippen LogP contribution in [0.15, 0.2) is 64.4 Å². The molecule has 34 heavy (non-hydrogen) atoms. The highest BCUT2D eigenvalue weighted by molar-refractivity contribution is 6.00. The van der Waals surface area contributed by atoms with E-state index in [-0.39, 0.29) is 11.2 Å². The molecule has 0 aliphatic rings. The number of urea groups is 1. The van der Waals surface area contributed by atoms with Gasteiger partial charge in [0.05, 0.1) is 6.33 Å². The molecule has 0 radical (unpaired) electrons. The van der Waals surface area contributed by atoms with E-state index in [1.54, 1.807) is 56.4 Å². The predicted molar refractivity (Wildman–Crippen MR) is 129 cm³/mol. The molecule has 0 unspecified atom stereocenters. The number of nitrogens with one attached hydrogen (secondary N) is 3. The summed E-state index contributed by atoms with van der Waals surface area (Å²) < 4.78 is 3.60. The first-order valence-electron chi connectivity index (χ1n) is 10.4. The Hall–Kier alpha value is -4.67. The summed E-state index contributed by atoms with van der Waals surface area (Å²) in [5, 5.41) is 8.13. The molecule has 4 aromatic rings. The Balaban J connectivity index is 1.52. The second-order valence-corrected chi connectivity index (χ2v) is 7.78. The van der Waals surface area contributed by atoms with Crippen LogP contribution in [-0.2, 0) is 25.4 Å². The number of benzene rings is 2. The fourth-order valence-corrected chi connectivity index (χ4v) is 3.52. The number of anilines is 3. The number of amides is 3. The van der Waals surface area contributed by atoms with Crippen LogP contribution in [-0.4, -0.2) is 30.6 Å². The molecule has 3 amide bonds. The molecule has 0 saturated carbocycles. The lowest BCUT2D eigenvalue weighted by Crippen LogP contribution is -2.42. The SMILES string of the molecule is Cc1ccc(NC(=O)Nc2ccccc2)cc1NC(=O)Cn1c(=O)c2c(ncn2C)n(C)c1=O. The number of imidazole rings is 1. The van der Waals surface area contributed by atoms with Crippen LogP contribution in [0.4, 0.5) is 21.9 Å². The van der Waals surface area contributed by atoms with Crippen molar-refractivity contribution >= 4 is 40.2 Å². The topological polar surface area (TPSA) is 132 Å². The first kappa shape index (κ1) is 22.5. The van der Waals surface area contributed by atoms with Gasteiger partial charge in [0.1, 0.15) is 6.54 Å². The third kappa shape index (κ3) is 4.44. The highest BCUT2D eigenvalue weighted by Crippen LogP contribution is 2.21. The highest BCUT2D eigenvalue weighted by atomic mass is 16.2. The van der Waals surface area contributed by atoms with E-state index in [1.165, 1.54) is 22.5 Å². The Kier molecular flexibility index (Phi) is 6.00. The third-order valence-corrected chi connectivity index (χ3v) is 5.30. The van der Waals surface area contributed by atoms with Gasteiger partial charge in [0.15, 0.2) is 11.2 Å². The zero-order valence-electron chi connectivity index (χ0n) is 18.8. The predicted octanol–water partition coefficient (Wildman–Crippen LogP) is 2.02. The van der Waals surface area contributed by atoms with Gasteiger partial charge in [-0.2, -0.15) is 0 Å². The maximum Gasteiger partial charge on any atom is 0.332 e. The summed E-state index contributed by atoms with van der Waals surface area (Å²) in [6.45, 7) is 1.31. The lowest BCUT2D eigenvalue weighted by atomic mass is 10.1. The zero-order valence-corrected chi connectivity index (χ0v) is 18.8. The molecule has 174 valence electrons. The standard InChI is InChI=1S/C23H23N7O4/c1-14-9-10-16(26-22(33)25-15-7-5-4-6-8-15)11-17(14)27-18(31)12-30-21(32)19-20(24-13-28(19)2)29(3)23(30)34/h4-11,13H,12H2,1-3H3,(H,27,31)(H2,25,26,33). The molecule has 0 bridgehead atoms. The van der Waals surface area contributed by atoms with Crippen LogP contribution in [0.1, 0.15) is 5.56 Å². The van der Waals surface area contributed by atoms with E-state index in [1.807, 2.05) is 6.07 Å². The molecule has 4 rings (SSSR count). The lowest BCUT2D eigenvalue weighted by Gasteiger charge is -2.13. The smallest absolute Gasteiger partial charge is 0.328 e. The Morgan fingerprint density at radius 2 is 1.65 bits per heavy atom. The monoisotopic (exact) mass is 461 g/mol. The number of aromatic nitrogens is 4. The first-order chi connectivity index (χ1) is 16.2. The number of hydrogen-bond acceptors (Lipinski definition) is 5. The molecule has 0 aliphatic heterocycles. The van der Waals surface area contributed by atoms with E-state index in [4.69, 9.17) is 0 Å². The molecule has 0 fully saturated rings. The second kappa shape index (κ2) is 9.06. The van der Waals surface area contributed by atoms with Crippen LogP contribution in [0.25, 0.3) is 11.2 Å². The average molecular weight is 461 g/mol. The molecular formula is C23H23N7O4. The van der Waals surface area contributed by atoms with E-state index in [0.717, 1.165) is 10.1 Å². The summed E-state index contributed by atoms with van der Waals surface area (Å²) >= 11 is 0. The Labute approximate surface area is 193 Å². The normalized spacial score (nSPS) is 10.8. The fourth-order valence-electron chi connectivity index (χ4n) is 3.52. The van der Waals surface area contributed by atoms with Gasteiger partial charge < -0.3 is 20.5 Å². The molecule has 11 nitrogen and oxygen atoms in total. The van der Waals surface area contributed by atoms with Crippen molar-refractivity contribution < 1.29 is 9.59 Å². The maximum atomic E-state index is 12.8. The van der Waals surface area contributed by atoms with Gasteiger partial charge in [0.2, 0.25) is 5.91 Å². The molecular weight excluding hydrogens is 438 g/mol. The second-order valence-electron chi connectivity index (χ2n) is 7.78. The van der Waals surface area contributed by atoms with Crippen molar-refractivity contribution in [2.24, 2.45) is 14.1 Å². The van der Waals surface area contributed by atoms with Crippen molar-refractivity contribution in [1.82, 2.24) is 18.7 Å². The van der Waals surface area contributed by atoms with Crippen LogP contribution in [0.5, 0.6) is 0 Å². The van der Waals surface area contributed by atoms with Gasteiger partial charge in [-0.05, 0) is 36.8 Å². The minimum absolute atomic E-state index is 0.224. The highest BCUT2D eigenvalue weighted by Gasteiger charge is 2.17. The van der Waals surface area contributed by atoms with Gasteiger partial charge in [-0.3, -0.25) is 14.2 Å². The van der Waals surface area contributed by atoms with Gasteiger partial charge in [-0.1, -0.05) is 24.3 Å². The van der Waals surface area contributed by atoms with E-state index in [0.29, 0.717) is 17.1 Å². The zero-order chi connectivity index (χ0) is 24.4. The Morgan fingerprint density at radius 1 is 0.941 bits per heavy atom. The molecule has 2 aromatic carbocycles. The van der Waals surface area contributed by atoms with Crippen molar-refractivity contribution in [3.8, 4) is 0 Å². The third-order valence-electron chi connectivity index (χ3n) is 5.30. The summed E-state index contributed by atoms with van der Waals surface area (Å²) in [6, 6.07) is 13.6. The number of fused-ring (bicyclic) bond motifs is 1. The number of rotatable bonds is 5. The molecule has 0 spiro atoms. The molecule has 0 saturated heterocycles. The number of carbonyl (C=O) groups excluding carboxylic acids is 2. The van der Waals surface area contributed by atoms with E-state index >= 15 is 0 Å². The maximum absolute atomic E-state index is 12.8.